The van der Waals surface area contributed by atoms with E-state index in [2.05, 4.69) is 10.1 Å². The maximum absolute atomic E-state index is 12.7. The van der Waals surface area contributed by atoms with E-state index in [4.69, 9.17) is 0 Å². The number of nitrogens with one attached hydrogen (secondary N) is 1. The molecule has 130 valence electrons. The molecule has 10 heteroatoms. The Morgan fingerprint density at radius 3 is 2.80 bits per heavy atom. The fourth-order valence-corrected chi connectivity index (χ4v) is 3.71. The van der Waals surface area contributed by atoms with E-state index in [0.717, 1.165) is 6.07 Å². The summed E-state index contributed by atoms with van der Waals surface area (Å²) in [6, 6.07) is 3.73. The first-order valence-corrected chi connectivity index (χ1v) is 8.20. The number of hydrogen-bond acceptors (Lipinski definition) is 4. The third-order valence-corrected chi connectivity index (χ3v) is 5.20. The zero-order valence-corrected chi connectivity index (χ0v) is 13.4. The number of thiophene rings is 1. The Balaban J connectivity index is 1.64. The van der Waals surface area contributed by atoms with Crippen LogP contribution in [-0.2, 0) is 19.1 Å². The van der Waals surface area contributed by atoms with Gasteiger partial charge in [-0.25, -0.2) is 9.50 Å². The van der Waals surface area contributed by atoms with Crippen LogP contribution in [0.1, 0.15) is 25.8 Å². The van der Waals surface area contributed by atoms with Crippen molar-refractivity contribution in [2.45, 2.75) is 19.1 Å². The number of carbonyl (C=O) groups excluding carboxylic acids is 1. The highest BCUT2D eigenvalue weighted by Crippen LogP contribution is 2.35. The van der Waals surface area contributed by atoms with Crippen molar-refractivity contribution in [1.82, 2.24) is 19.5 Å². The number of alkyl halides is 3. The average molecular weight is 368 g/mol. The van der Waals surface area contributed by atoms with Crippen molar-refractivity contribution in [3.05, 3.63) is 55.8 Å². The molecule has 1 aliphatic heterocycles. The molecule has 0 fully saturated rings. The number of nitrogens with zero attached hydrogens (tertiary/aromatic N) is 3. The van der Waals surface area contributed by atoms with Gasteiger partial charge in [-0.05, 0) is 18.6 Å². The molecule has 4 heterocycles. The zero-order valence-electron chi connectivity index (χ0n) is 12.6. The number of carbonyl (C=O) groups is 1. The molecule has 0 aromatic carbocycles. The van der Waals surface area contributed by atoms with Crippen LogP contribution in [0.3, 0.4) is 0 Å². The minimum absolute atomic E-state index is 0.0234. The molecule has 0 spiro atoms. The molecule has 0 unspecified atom stereocenters. The number of halogens is 3. The number of hydrogen-bond donors (Lipinski definition) is 1. The van der Waals surface area contributed by atoms with E-state index in [1.807, 2.05) is 0 Å². The number of fused-ring (bicyclic) bond motifs is 2. The van der Waals surface area contributed by atoms with Crippen LogP contribution in [0, 0.1) is 0 Å². The Morgan fingerprint density at radius 1 is 1.28 bits per heavy atom. The minimum atomic E-state index is -4.46. The second kappa shape index (κ2) is 5.45. The smallest absolute Gasteiger partial charge is 0.332 e. The lowest BCUT2D eigenvalue weighted by atomic mass is 10.1. The molecular weight excluding hydrogens is 357 g/mol. The van der Waals surface area contributed by atoms with Gasteiger partial charge >= 0.3 is 6.18 Å². The van der Waals surface area contributed by atoms with Crippen molar-refractivity contribution in [1.29, 1.82) is 0 Å². The SMILES string of the molecule is O=C(c1ccc(C(F)(F)F)s1)N1CCc2c(nc3cc[nH]n3c2=O)C1. The highest BCUT2D eigenvalue weighted by molar-refractivity contribution is 7.14. The Kier molecular flexibility index (Phi) is 3.46. The van der Waals surface area contributed by atoms with E-state index in [1.54, 1.807) is 12.3 Å². The second-order valence-electron chi connectivity index (χ2n) is 5.64. The van der Waals surface area contributed by atoms with E-state index >= 15 is 0 Å². The first-order valence-electron chi connectivity index (χ1n) is 7.39. The molecule has 1 amide bonds. The van der Waals surface area contributed by atoms with Gasteiger partial charge in [0, 0.05) is 24.4 Å². The summed E-state index contributed by atoms with van der Waals surface area (Å²) < 4.78 is 39.4. The molecule has 0 saturated heterocycles. The third-order valence-electron chi connectivity index (χ3n) is 4.08. The maximum Gasteiger partial charge on any atom is 0.425 e. The average Bonchev–Trinajstić information content (AvgIpc) is 3.22. The summed E-state index contributed by atoms with van der Waals surface area (Å²) in [4.78, 5) is 29.9. The molecule has 3 aromatic heterocycles. The molecule has 0 saturated carbocycles. The summed E-state index contributed by atoms with van der Waals surface area (Å²) in [6.45, 7) is 0.360. The summed E-state index contributed by atoms with van der Waals surface area (Å²) in [5.41, 5.74) is 1.23. The van der Waals surface area contributed by atoms with E-state index in [-0.39, 0.29) is 23.5 Å². The van der Waals surface area contributed by atoms with Crippen molar-refractivity contribution >= 4 is 22.9 Å². The summed E-state index contributed by atoms with van der Waals surface area (Å²) in [5, 5.41) is 2.77. The van der Waals surface area contributed by atoms with Gasteiger partial charge in [-0.1, -0.05) is 0 Å². The van der Waals surface area contributed by atoms with Crippen molar-refractivity contribution in [3.63, 3.8) is 0 Å². The summed E-state index contributed by atoms with van der Waals surface area (Å²) >= 11 is 0.423. The molecule has 1 aliphatic rings. The van der Waals surface area contributed by atoms with Gasteiger partial charge in [0.25, 0.3) is 11.5 Å². The number of H-pyrrole nitrogens is 1. The van der Waals surface area contributed by atoms with Gasteiger partial charge in [0.05, 0.1) is 17.1 Å². The first-order chi connectivity index (χ1) is 11.8. The van der Waals surface area contributed by atoms with Gasteiger partial charge in [-0.3, -0.25) is 14.7 Å². The van der Waals surface area contributed by atoms with E-state index in [9.17, 15) is 22.8 Å². The molecule has 25 heavy (non-hydrogen) atoms. The second-order valence-corrected chi connectivity index (χ2v) is 6.72. The summed E-state index contributed by atoms with van der Waals surface area (Å²) in [7, 11) is 0. The van der Waals surface area contributed by atoms with Crippen LogP contribution in [0.25, 0.3) is 5.65 Å². The number of aromatic nitrogens is 3. The molecule has 6 nitrogen and oxygen atoms in total. The number of rotatable bonds is 1. The van der Waals surface area contributed by atoms with Crippen LogP contribution in [0.5, 0.6) is 0 Å². The van der Waals surface area contributed by atoms with Gasteiger partial charge in [0.2, 0.25) is 0 Å². The van der Waals surface area contributed by atoms with Crippen molar-refractivity contribution < 1.29 is 18.0 Å². The van der Waals surface area contributed by atoms with Crippen molar-refractivity contribution in [2.24, 2.45) is 0 Å². The standard InChI is InChI=1S/C15H11F3N4O2S/c16-15(17,18)11-2-1-10(25-11)14(24)21-6-4-8-9(7-21)20-12-3-5-19-22(12)13(8)23/h1-3,5,19H,4,6-7H2. The van der Waals surface area contributed by atoms with Crippen LogP contribution < -0.4 is 5.56 Å². The van der Waals surface area contributed by atoms with Crippen LogP contribution in [-0.4, -0.2) is 31.9 Å². The first kappa shape index (κ1) is 15.9. The molecule has 1 N–H and O–H groups in total. The number of amides is 1. The minimum Gasteiger partial charge on any atom is -0.332 e. The van der Waals surface area contributed by atoms with Crippen molar-refractivity contribution in [3.8, 4) is 0 Å². The lowest BCUT2D eigenvalue weighted by Gasteiger charge is -2.27. The zero-order chi connectivity index (χ0) is 17.8. The van der Waals surface area contributed by atoms with Crippen molar-refractivity contribution in [2.75, 3.05) is 6.54 Å². The monoisotopic (exact) mass is 368 g/mol. The quantitative estimate of drug-likeness (QED) is 0.717. The van der Waals surface area contributed by atoms with Gasteiger partial charge < -0.3 is 4.90 Å². The summed E-state index contributed by atoms with van der Waals surface area (Å²) in [6.07, 6.45) is -2.57. The third kappa shape index (κ3) is 2.62. The fourth-order valence-electron chi connectivity index (χ4n) is 2.86. The predicted octanol–water partition coefficient (Wildman–Crippen LogP) is 2.30. The number of aromatic amines is 1. The van der Waals surface area contributed by atoms with Crippen LogP contribution >= 0.6 is 11.3 Å². The largest absolute Gasteiger partial charge is 0.425 e. The van der Waals surface area contributed by atoms with Gasteiger partial charge in [-0.15, -0.1) is 11.3 Å². The van der Waals surface area contributed by atoms with Gasteiger partial charge in [0.1, 0.15) is 4.88 Å². The molecule has 0 bridgehead atoms. The van der Waals surface area contributed by atoms with E-state index in [0.29, 0.717) is 34.7 Å². The molecule has 4 rings (SSSR count). The fraction of sp³-hybridized carbons (Fsp3) is 0.267. The molecule has 0 radical (unpaired) electrons. The van der Waals surface area contributed by atoms with Crippen LogP contribution in [0.4, 0.5) is 13.2 Å². The lowest BCUT2D eigenvalue weighted by Crippen LogP contribution is -2.39. The van der Waals surface area contributed by atoms with E-state index in [1.165, 1.54) is 15.5 Å². The maximum atomic E-state index is 12.7. The van der Waals surface area contributed by atoms with Gasteiger partial charge in [-0.2, -0.15) is 13.2 Å². The topological polar surface area (TPSA) is 70.5 Å². The molecule has 3 aromatic rings. The Bertz CT molecular complexity index is 1030. The predicted molar refractivity (Wildman–Crippen MR) is 83.6 cm³/mol. The van der Waals surface area contributed by atoms with E-state index < -0.39 is 17.0 Å². The Labute approximate surface area is 142 Å². The molecule has 0 aliphatic carbocycles. The Hall–Kier alpha value is -2.62. The normalized spacial score (nSPS) is 14.8. The van der Waals surface area contributed by atoms with Gasteiger partial charge in [0.15, 0.2) is 5.65 Å². The molecule has 0 atom stereocenters. The highest BCUT2D eigenvalue weighted by atomic mass is 32.1. The lowest BCUT2D eigenvalue weighted by molar-refractivity contribution is -0.134. The summed E-state index contributed by atoms with van der Waals surface area (Å²) in [5.74, 6) is -0.484. The van der Waals surface area contributed by atoms with Crippen LogP contribution in [0.2, 0.25) is 0 Å². The van der Waals surface area contributed by atoms with Crippen LogP contribution in [0.15, 0.2) is 29.2 Å². The Morgan fingerprint density at radius 2 is 2.08 bits per heavy atom. The molecular formula is C15H11F3N4O2S. The highest BCUT2D eigenvalue weighted by Gasteiger charge is 2.34.